The van der Waals surface area contributed by atoms with E-state index in [-0.39, 0.29) is 26.0 Å². The van der Waals surface area contributed by atoms with Gasteiger partial charge in [-0.05, 0) is 51.7 Å². The second-order valence-corrected chi connectivity index (χ2v) is 10.2. The van der Waals surface area contributed by atoms with Crippen molar-refractivity contribution in [2.24, 2.45) is 0 Å². The molecule has 0 atom stereocenters. The number of carbonyl (C=O) groups excluding carboxylic acids is 1. The minimum absolute atomic E-state index is 0.231. The maximum absolute atomic E-state index is 12.1. The van der Waals surface area contributed by atoms with Gasteiger partial charge < -0.3 is 38.6 Å². The summed E-state index contributed by atoms with van der Waals surface area (Å²) in [5.74, 6) is 2.22. The van der Waals surface area contributed by atoms with Crippen LogP contribution in [0, 0.1) is 6.57 Å². The molecule has 0 heterocycles. The molecule has 0 radical (unpaired) electrons. The Morgan fingerprint density at radius 3 is 1.71 bits per heavy atom. The number of ether oxygens (including phenoxy) is 6. The Balaban J connectivity index is 2.26. The summed E-state index contributed by atoms with van der Waals surface area (Å²) < 4.78 is 33.0. The first-order valence-corrected chi connectivity index (χ1v) is 15.2. The maximum Gasteiger partial charge on any atom is 0.304 e. The Morgan fingerprint density at radius 2 is 1.21 bits per heavy atom. The topological polar surface area (TPSA) is 88.8 Å². The van der Waals surface area contributed by atoms with Gasteiger partial charge in [-0.3, -0.25) is 4.79 Å². The first kappa shape index (κ1) is 36.8. The largest absolute Gasteiger partial charge is 0.494 e. The number of benzene rings is 1. The van der Waals surface area contributed by atoms with Gasteiger partial charge in [0, 0.05) is 6.07 Å². The Kier molecular flexibility index (Phi) is 22.3. The molecule has 0 aliphatic heterocycles. The van der Waals surface area contributed by atoms with Crippen LogP contribution in [0.2, 0.25) is 0 Å². The zero-order valence-corrected chi connectivity index (χ0v) is 25.9. The number of amides is 1. The van der Waals surface area contributed by atoms with Crippen molar-refractivity contribution >= 4 is 11.6 Å². The maximum atomic E-state index is 12.1. The van der Waals surface area contributed by atoms with Crippen molar-refractivity contribution in [3.05, 3.63) is 54.3 Å². The lowest BCUT2D eigenvalue weighted by atomic mass is 10.1. The van der Waals surface area contributed by atoms with E-state index in [0.717, 1.165) is 77.0 Å². The number of carbonyl (C=O) groups is 1. The predicted molar refractivity (Wildman–Crippen MR) is 166 cm³/mol. The number of anilines is 1. The highest BCUT2D eigenvalue weighted by Crippen LogP contribution is 2.30. The van der Waals surface area contributed by atoms with Gasteiger partial charge in [0.25, 0.3) is 6.54 Å². The van der Waals surface area contributed by atoms with Crippen LogP contribution in [0.4, 0.5) is 5.69 Å². The van der Waals surface area contributed by atoms with E-state index in [1.54, 1.807) is 19.9 Å². The molecule has 42 heavy (non-hydrogen) atoms. The van der Waals surface area contributed by atoms with Gasteiger partial charge in [-0.2, -0.15) is 0 Å². The molecule has 9 heteroatoms. The Labute approximate surface area is 253 Å². The molecule has 1 aromatic rings. The summed E-state index contributed by atoms with van der Waals surface area (Å²) in [6, 6.07) is 5.46. The van der Waals surface area contributed by atoms with Crippen molar-refractivity contribution in [2.75, 3.05) is 51.9 Å². The lowest BCUT2D eigenvalue weighted by Crippen LogP contribution is -2.15. The molecule has 0 aromatic heterocycles. The van der Waals surface area contributed by atoms with Gasteiger partial charge in [0.1, 0.15) is 11.5 Å². The highest BCUT2D eigenvalue weighted by atomic mass is 16.7. The van der Waals surface area contributed by atoms with Crippen molar-refractivity contribution in [3.8, 4) is 11.5 Å². The fourth-order valence-electron chi connectivity index (χ4n) is 3.89. The molecule has 0 unspecified atom stereocenters. The number of allylic oxidation sites excluding steroid dienone is 2. The molecular formula is C33H52N2O7. The van der Waals surface area contributed by atoms with E-state index < -0.39 is 0 Å². The van der Waals surface area contributed by atoms with Crippen LogP contribution >= 0.6 is 0 Å². The third-order valence-corrected chi connectivity index (χ3v) is 6.12. The van der Waals surface area contributed by atoms with Crippen LogP contribution in [-0.4, -0.2) is 52.5 Å². The summed E-state index contributed by atoms with van der Waals surface area (Å²) in [5.41, 5.74) is 0.535. The number of nitrogens with one attached hydrogen (secondary N) is 1. The minimum Gasteiger partial charge on any atom is -0.494 e. The van der Waals surface area contributed by atoms with E-state index in [9.17, 15) is 4.79 Å². The van der Waals surface area contributed by atoms with Gasteiger partial charge in [0.05, 0.1) is 43.6 Å². The summed E-state index contributed by atoms with van der Waals surface area (Å²) in [4.78, 5) is 15.3. The molecule has 236 valence electrons. The van der Waals surface area contributed by atoms with E-state index in [2.05, 4.69) is 23.3 Å². The van der Waals surface area contributed by atoms with Gasteiger partial charge in [-0.1, -0.05) is 64.5 Å². The molecule has 0 saturated heterocycles. The van der Waals surface area contributed by atoms with Crippen LogP contribution in [0.25, 0.3) is 4.85 Å². The molecule has 0 aliphatic rings. The first-order valence-electron chi connectivity index (χ1n) is 15.2. The van der Waals surface area contributed by atoms with Gasteiger partial charge >= 0.3 is 5.91 Å². The summed E-state index contributed by atoms with van der Waals surface area (Å²) in [7, 11) is 0. The standard InChI is InChI=1S/C33H52N2O7/c1-28(2)41-26-37-20-14-10-6-8-12-16-22-39-30-18-19-32(31(24-30)35-33(36)25-34-5)40-23-17-13-9-7-11-15-21-38-27-42-29(3)4/h18-19,24H,1,3,6-17,20-23,25-27H2,2,4H3,(H,35,36). The van der Waals surface area contributed by atoms with Crippen LogP contribution in [0.3, 0.4) is 0 Å². The molecule has 0 aliphatic carbocycles. The normalized spacial score (nSPS) is 10.5. The number of unbranched alkanes of at least 4 members (excludes halogenated alkanes) is 10. The summed E-state index contributed by atoms with van der Waals surface area (Å²) >= 11 is 0. The van der Waals surface area contributed by atoms with Crippen LogP contribution in [0.15, 0.2) is 42.9 Å². The van der Waals surface area contributed by atoms with Gasteiger partial charge in [-0.25, -0.2) is 6.57 Å². The number of hydrogen-bond acceptors (Lipinski definition) is 7. The van der Waals surface area contributed by atoms with Crippen LogP contribution in [0.1, 0.15) is 90.9 Å². The molecule has 0 spiro atoms. The molecule has 1 rings (SSSR count). The quantitative estimate of drug-likeness (QED) is 0.0459. The van der Waals surface area contributed by atoms with Crippen LogP contribution in [-0.2, 0) is 23.7 Å². The van der Waals surface area contributed by atoms with E-state index in [0.29, 0.717) is 55.1 Å². The van der Waals surface area contributed by atoms with E-state index in [1.165, 1.54) is 0 Å². The zero-order chi connectivity index (χ0) is 30.7. The van der Waals surface area contributed by atoms with Crippen molar-refractivity contribution < 1.29 is 33.2 Å². The van der Waals surface area contributed by atoms with E-state index >= 15 is 0 Å². The molecule has 0 saturated carbocycles. The fraction of sp³-hybridized carbons (Fsp3) is 0.636. The van der Waals surface area contributed by atoms with Crippen molar-refractivity contribution in [1.82, 2.24) is 0 Å². The van der Waals surface area contributed by atoms with E-state index in [4.69, 9.17) is 35.0 Å². The first-order chi connectivity index (χ1) is 20.4. The second-order valence-electron chi connectivity index (χ2n) is 10.2. The lowest BCUT2D eigenvalue weighted by molar-refractivity contribution is -0.114. The minimum atomic E-state index is -0.365. The SMILES string of the molecule is [C-]#[N+]CC(=O)Nc1cc(OCCCCCCCCOCOC(=C)C)ccc1OCCCCCCCCOCOC(=C)C. The number of rotatable bonds is 28. The molecule has 9 nitrogen and oxygen atoms in total. The monoisotopic (exact) mass is 588 g/mol. The highest BCUT2D eigenvalue weighted by Gasteiger charge is 2.12. The summed E-state index contributed by atoms with van der Waals surface area (Å²) in [5, 5.41) is 2.79. The zero-order valence-electron chi connectivity index (χ0n) is 25.9. The Hall–Kier alpha value is -3.22. The van der Waals surface area contributed by atoms with Crippen molar-refractivity contribution in [2.45, 2.75) is 90.9 Å². The number of nitrogens with zero attached hydrogens (tertiary/aromatic N) is 1. The summed E-state index contributed by atoms with van der Waals surface area (Å²) in [6.45, 7) is 20.8. The van der Waals surface area contributed by atoms with Crippen LogP contribution in [0.5, 0.6) is 11.5 Å². The van der Waals surface area contributed by atoms with Crippen molar-refractivity contribution in [3.63, 3.8) is 0 Å². The third-order valence-electron chi connectivity index (χ3n) is 6.12. The molecule has 1 N–H and O–H groups in total. The van der Waals surface area contributed by atoms with Crippen molar-refractivity contribution in [1.29, 1.82) is 0 Å². The fourth-order valence-corrected chi connectivity index (χ4v) is 3.89. The Morgan fingerprint density at radius 1 is 0.738 bits per heavy atom. The summed E-state index contributed by atoms with van der Waals surface area (Å²) in [6.07, 6.45) is 12.9. The molecule has 1 aromatic carbocycles. The second kappa shape index (κ2) is 25.5. The smallest absolute Gasteiger partial charge is 0.304 e. The molecule has 0 fully saturated rings. The Bertz CT molecular complexity index is 929. The molecule has 1 amide bonds. The highest BCUT2D eigenvalue weighted by molar-refractivity contribution is 5.94. The third kappa shape index (κ3) is 21.5. The average molecular weight is 589 g/mol. The molecular weight excluding hydrogens is 536 g/mol. The van der Waals surface area contributed by atoms with Gasteiger partial charge in [0.2, 0.25) is 0 Å². The van der Waals surface area contributed by atoms with Gasteiger partial charge in [0.15, 0.2) is 13.6 Å². The lowest BCUT2D eigenvalue weighted by Gasteiger charge is -2.14. The predicted octanol–water partition coefficient (Wildman–Crippen LogP) is 8.03. The number of hydrogen-bond donors (Lipinski definition) is 1. The average Bonchev–Trinajstić information content (AvgIpc) is 2.95. The molecule has 0 bridgehead atoms. The van der Waals surface area contributed by atoms with E-state index in [1.807, 2.05) is 12.1 Å². The van der Waals surface area contributed by atoms with Gasteiger partial charge in [-0.15, -0.1) is 0 Å². The van der Waals surface area contributed by atoms with Crippen LogP contribution < -0.4 is 14.8 Å².